The third kappa shape index (κ3) is 8.05. The maximum atomic E-state index is 10.8. The first kappa shape index (κ1) is 13.4. The first-order chi connectivity index (χ1) is 6.70. The van der Waals surface area contributed by atoms with Gasteiger partial charge in [0.05, 0.1) is 6.67 Å². The summed E-state index contributed by atoms with van der Waals surface area (Å²) in [5.74, 6) is 0.0583. The number of nitrogens with zero attached hydrogens (tertiary/aromatic N) is 1. The van der Waals surface area contributed by atoms with Gasteiger partial charge in [-0.05, 0) is 25.9 Å². The van der Waals surface area contributed by atoms with Crippen molar-refractivity contribution < 1.29 is 4.79 Å². The van der Waals surface area contributed by atoms with Gasteiger partial charge in [0.25, 0.3) is 0 Å². The Bertz CT molecular complexity index is 140. The third-order valence-electron chi connectivity index (χ3n) is 2.21. The average Bonchev–Trinajstić information content (AvgIpc) is 2.16. The first-order valence-corrected chi connectivity index (χ1v) is 5.67. The van der Waals surface area contributed by atoms with Gasteiger partial charge in [-0.25, -0.2) is 0 Å². The van der Waals surface area contributed by atoms with Crippen molar-refractivity contribution in [1.29, 1.82) is 0 Å². The Kier molecular flexibility index (Phi) is 8.64. The molecule has 0 unspecified atom stereocenters. The lowest BCUT2D eigenvalue weighted by Gasteiger charge is -2.21. The van der Waals surface area contributed by atoms with Crippen molar-refractivity contribution >= 4 is 5.91 Å². The number of amides is 1. The zero-order valence-corrected chi connectivity index (χ0v) is 9.81. The lowest BCUT2D eigenvalue weighted by Crippen LogP contribution is -2.37. The summed E-state index contributed by atoms with van der Waals surface area (Å²) in [5, 5.41) is 2.85. The number of rotatable bonds is 8. The van der Waals surface area contributed by atoms with Gasteiger partial charge in [0, 0.05) is 6.92 Å². The van der Waals surface area contributed by atoms with Crippen LogP contribution in [0.15, 0.2) is 0 Å². The Hall–Kier alpha value is -0.570. The summed E-state index contributed by atoms with van der Waals surface area (Å²) in [7, 11) is 0. The second-order valence-corrected chi connectivity index (χ2v) is 3.72. The number of unbranched alkanes of at least 4 members (excludes halogenated alkanes) is 2. The zero-order valence-electron chi connectivity index (χ0n) is 9.81. The van der Waals surface area contributed by atoms with Crippen molar-refractivity contribution in [2.45, 2.75) is 46.5 Å². The molecular weight excluding hydrogens is 176 g/mol. The summed E-state index contributed by atoms with van der Waals surface area (Å²) in [6.45, 7) is 8.84. The van der Waals surface area contributed by atoms with E-state index in [0.29, 0.717) is 6.67 Å². The highest BCUT2D eigenvalue weighted by molar-refractivity contribution is 5.72. The van der Waals surface area contributed by atoms with E-state index in [1.54, 1.807) is 6.92 Å². The van der Waals surface area contributed by atoms with Crippen LogP contribution in [0.2, 0.25) is 0 Å². The quantitative estimate of drug-likeness (QED) is 0.608. The molecule has 3 nitrogen and oxygen atoms in total. The molecule has 84 valence electrons. The van der Waals surface area contributed by atoms with E-state index >= 15 is 0 Å². The minimum Gasteiger partial charge on any atom is -0.344 e. The second-order valence-electron chi connectivity index (χ2n) is 3.72. The number of hydrogen-bond acceptors (Lipinski definition) is 2. The molecule has 1 amide bonds. The molecule has 0 spiro atoms. The minimum absolute atomic E-state index is 0.0583. The minimum atomic E-state index is 0.0583. The average molecular weight is 200 g/mol. The van der Waals surface area contributed by atoms with Gasteiger partial charge < -0.3 is 5.32 Å². The maximum Gasteiger partial charge on any atom is 0.217 e. The molecule has 0 aromatic carbocycles. The number of carbonyl (C=O) groups excluding carboxylic acids is 1. The molecule has 14 heavy (non-hydrogen) atoms. The fraction of sp³-hybridized carbons (Fsp3) is 0.909. The van der Waals surface area contributed by atoms with Gasteiger partial charge in [0.2, 0.25) is 5.91 Å². The molecule has 0 aliphatic rings. The predicted molar refractivity (Wildman–Crippen MR) is 60.1 cm³/mol. The summed E-state index contributed by atoms with van der Waals surface area (Å²) in [6, 6.07) is 0. The van der Waals surface area contributed by atoms with Gasteiger partial charge in [0.1, 0.15) is 0 Å². The monoisotopic (exact) mass is 200 g/mol. The highest BCUT2D eigenvalue weighted by Gasteiger charge is 2.03. The lowest BCUT2D eigenvalue weighted by molar-refractivity contribution is -0.119. The van der Waals surface area contributed by atoms with Crippen molar-refractivity contribution in [3.8, 4) is 0 Å². The highest BCUT2D eigenvalue weighted by Crippen LogP contribution is 1.97. The van der Waals surface area contributed by atoms with Gasteiger partial charge in [-0.3, -0.25) is 9.69 Å². The van der Waals surface area contributed by atoms with Gasteiger partial charge >= 0.3 is 0 Å². The molecule has 1 N–H and O–H groups in total. The molecule has 0 aliphatic heterocycles. The van der Waals surface area contributed by atoms with Crippen molar-refractivity contribution in [1.82, 2.24) is 10.2 Å². The van der Waals surface area contributed by atoms with Crippen LogP contribution in [0.1, 0.15) is 46.5 Å². The smallest absolute Gasteiger partial charge is 0.217 e. The van der Waals surface area contributed by atoms with Crippen molar-refractivity contribution in [2.24, 2.45) is 0 Å². The van der Waals surface area contributed by atoms with Gasteiger partial charge in [-0.1, -0.05) is 26.7 Å². The Balaban J connectivity index is 3.65. The Labute approximate surface area is 87.9 Å². The molecule has 0 saturated heterocycles. The van der Waals surface area contributed by atoms with Crippen LogP contribution in [0.4, 0.5) is 0 Å². The third-order valence-corrected chi connectivity index (χ3v) is 2.21. The first-order valence-electron chi connectivity index (χ1n) is 5.67. The van der Waals surface area contributed by atoms with Gasteiger partial charge in [-0.15, -0.1) is 0 Å². The van der Waals surface area contributed by atoms with Crippen LogP contribution in [-0.2, 0) is 4.79 Å². The van der Waals surface area contributed by atoms with E-state index in [-0.39, 0.29) is 5.91 Å². The van der Waals surface area contributed by atoms with E-state index in [4.69, 9.17) is 0 Å². The fourth-order valence-corrected chi connectivity index (χ4v) is 1.26. The van der Waals surface area contributed by atoms with Crippen molar-refractivity contribution in [2.75, 3.05) is 19.8 Å². The molecule has 3 heteroatoms. The number of carbonyl (C=O) groups is 1. The number of nitrogens with one attached hydrogen (secondary N) is 1. The molecule has 0 radical (unpaired) electrons. The molecule has 0 atom stereocenters. The van der Waals surface area contributed by atoms with Crippen molar-refractivity contribution in [3.63, 3.8) is 0 Å². The Morgan fingerprint density at radius 2 is 1.64 bits per heavy atom. The van der Waals surface area contributed by atoms with Crippen LogP contribution in [0.3, 0.4) is 0 Å². The highest BCUT2D eigenvalue weighted by atomic mass is 16.1. The fourth-order valence-electron chi connectivity index (χ4n) is 1.26. The molecule has 0 bridgehead atoms. The molecule has 0 aliphatic carbocycles. The predicted octanol–water partition coefficient (Wildman–Crippen LogP) is 1.98. The molecule has 0 rings (SSSR count). The van der Waals surface area contributed by atoms with E-state index in [0.717, 1.165) is 13.1 Å². The van der Waals surface area contributed by atoms with E-state index in [1.807, 2.05) is 0 Å². The number of hydrogen-bond donors (Lipinski definition) is 1. The summed E-state index contributed by atoms with van der Waals surface area (Å²) >= 11 is 0. The standard InChI is InChI=1S/C11H24N2O/c1-4-6-8-13(9-7-5-2)10-12-11(3)14/h4-10H2,1-3H3,(H,12,14). The van der Waals surface area contributed by atoms with Crippen LogP contribution in [0.25, 0.3) is 0 Å². The topological polar surface area (TPSA) is 32.3 Å². The van der Waals surface area contributed by atoms with Crippen molar-refractivity contribution in [3.05, 3.63) is 0 Å². The summed E-state index contributed by atoms with van der Waals surface area (Å²) in [6.07, 6.45) is 4.85. The van der Waals surface area contributed by atoms with Crippen LogP contribution < -0.4 is 5.32 Å². The SMILES string of the molecule is CCCCN(CCCC)CNC(C)=O. The Morgan fingerprint density at radius 1 is 1.14 bits per heavy atom. The largest absolute Gasteiger partial charge is 0.344 e. The Morgan fingerprint density at radius 3 is 2.00 bits per heavy atom. The lowest BCUT2D eigenvalue weighted by atomic mass is 10.3. The molecule has 0 aromatic heterocycles. The molecule has 0 saturated carbocycles. The normalized spacial score (nSPS) is 10.6. The van der Waals surface area contributed by atoms with Crippen LogP contribution in [-0.4, -0.2) is 30.6 Å². The van der Waals surface area contributed by atoms with E-state index in [2.05, 4.69) is 24.1 Å². The zero-order chi connectivity index (χ0) is 10.8. The summed E-state index contributed by atoms with van der Waals surface area (Å²) < 4.78 is 0. The molecular formula is C11H24N2O. The van der Waals surface area contributed by atoms with E-state index in [1.165, 1.54) is 25.7 Å². The second kappa shape index (κ2) is 9.00. The van der Waals surface area contributed by atoms with E-state index in [9.17, 15) is 4.79 Å². The summed E-state index contributed by atoms with van der Waals surface area (Å²) in [5.41, 5.74) is 0. The maximum absolute atomic E-state index is 10.8. The summed E-state index contributed by atoms with van der Waals surface area (Å²) in [4.78, 5) is 13.1. The van der Waals surface area contributed by atoms with E-state index < -0.39 is 0 Å². The molecule has 0 heterocycles. The van der Waals surface area contributed by atoms with Crippen LogP contribution in [0, 0.1) is 0 Å². The molecule has 0 aromatic rings. The van der Waals surface area contributed by atoms with Gasteiger partial charge in [0.15, 0.2) is 0 Å². The van der Waals surface area contributed by atoms with Crippen LogP contribution in [0.5, 0.6) is 0 Å². The van der Waals surface area contributed by atoms with Gasteiger partial charge in [-0.2, -0.15) is 0 Å². The molecule has 0 fully saturated rings. The van der Waals surface area contributed by atoms with Crippen LogP contribution >= 0.6 is 0 Å².